The SMILES string of the molecule is COC1CN(S(=O)(=O)c2c[nH]c(CCl)c2)CCC1C. The van der Waals surface area contributed by atoms with E-state index in [1.54, 1.807) is 13.2 Å². The fourth-order valence-corrected chi connectivity index (χ4v) is 3.97. The zero-order valence-electron chi connectivity index (χ0n) is 11.1. The van der Waals surface area contributed by atoms with E-state index in [1.807, 2.05) is 0 Å². The van der Waals surface area contributed by atoms with Gasteiger partial charge in [-0.15, -0.1) is 11.6 Å². The average molecular weight is 307 g/mol. The van der Waals surface area contributed by atoms with Crippen molar-refractivity contribution in [1.29, 1.82) is 0 Å². The Hall–Kier alpha value is -0.560. The lowest BCUT2D eigenvalue weighted by Gasteiger charge is -2.35. The summed E-state index contributed by atoms with van der Waals surface area (Å²) in [6, 6.07) is 1.59. The summed E-state index contributed by atoms with van der Waals surface area (Å²) < 4.78 is 31.8. The standard InChI is InChI=1S/C12H19ClN2O3S/c1-9-3-4-15(8-12(9)18-2)19(16,17)11-5-10(6-13)14-7-11/h5,7,9,12,14H,3-4,6,8H2,1-2H3. The minimum Gasteiger partial charge on any atom is -0.380 e. The fraction of sp³-hybridized carbons (Fsp3) is 0.667. The van der Waals surface area contributed by atoms with Gasteiger partial charge in [0.2, 0.25) is 10.0 Å². The van der Waals surface area contributed by atoms with Gasteiger partial charge in [0.15, 0.2) is 0 Å². The summed E-state index contributed by atoms with van der Waals surface area (Å²) in [5.41, 5.74) is 0.703. The molecule has 0 saturated carbocycles. The molecule has 108 valence electrons. The number of aromatic nitrogens is 1. The van der Waals surface area contributed by atoms with Crippen LogP contribution in [0.4, 0.5) is 0 Å². The van der Waals surface area contributed by atoms with Crippen LogP contribution >= 0.6 is 11.6 Å². The van der Waals surface area contributed by atoms with Crippen LogP contribution in [-0.2, 0) is 20.6 Å². The first-order chi connectivity index (χ1) is 8.98. The van der Waals surface area contributed by atoms with Crippen LogP contribution in [0.3, 0.4) is 0 Å². The number of nitrogens with one attached hydrogen (secondary N) is 1. The molecule has 19 heavy (non-hydrogen) atoms. The van der Waals surface area contributed by atoms with Gasteiger partial charge in [0.25, 0.3) is 0 Å². The Labute approximate surface area is 118 Å². The second-order valence-electron chi connectivity index (χ2n) is 4.90. The van der Waals surface area contributed by atoms with Crippen LogP contribution in [0.5, 0.6) is 0 Å². The van der Waals surface area contributed by atoms with E-state index in [2.05, 4.69) is 11.9 Å². The number of H-pyrrole nitrogens is 1. The summed E-state index contributed by atoms with van der Waals surface area (Å²) >= 11 is 5.68. The number of halogens is 1. The molecule has 7 heteroatoms. The van der Waals surface area contributed by atoms with Crippen molar-refractivity contribution >= 4 is 21.6 Å². The lowest BCUT2D eigenvalue weighted by atomic mass is 9.97. The molecular weight excluding hydrogens is 288 g/mol. The van der Waals surface area contributed by atoms with E-state index < -0.39 is 10.0 Å². The molecule has 0 bridgehead atoms. The number of hydrogen-bond donors (Lipinski definition) is 1. The molecule has 1 aliphatic rings. The van der Waals surface area contributed by atoms with Gasteiger partial charge in [0, 0.05) is 32.1 Å². The van der Waals surface area contributed by atoms with E-state index in [0.29, 0.717) is 24.7 Å². The van der Waals surface area contributed by atoms with Crippen LogP contribution in [-0.4, -0.2) is 44.0 Å². The molecule has 1 N–H and O–H groups in total. The fourth-order valence-electron chi connectivity index (χ4n) is 2.32. The number of ether oxygens (including phenoxy) is 1. The van der Waals surface area contributed by atoms with E-state index in [1.165, 1.54) is 10.5 Å². The van der Waals surface area contributed by atoms with Gasteiger partial charge in [-0.1, -0.05) is 6.92 Å². The topological polar surface area (TPSA) is 62.4 Å². The van der Waals surface area contributed by atoms with E-state index in [4.69, 9.17) is 16.3 Å². The van der Waals surface area contributed by atoms with Crippen LogP contribution in [0.1, 0.15) is 19.0 Å². The molecule has 0 aromatic carbocycles. The number of sulfonamides is 1. The Kier molecular flexibility index (Phi) is 4.55. The third kappa shape index (κ3) is 2.97. The first kappa shape index (κ1) is 14.8. The van der Waals surface area contributed by atoms with Gasteiger partial charge in [0.1, 0.15) is 0 Å². The molecule has 1 aromatic heterocycles. The second kappa shape index (κ2) is 5.83. The summed E-state index contributed by atoms with van der Waals surface area (Å²) in [5.74, 6) is 0.647. The van der Waals surface area contributed by atoms with Crippen molar-refractivity contribution < 1.29 is 13.2 Å². The van der Waals surface area contributed by atoms with Gasteiger partial charge in [-0.2, -0.15) is 4.31 Å². The highest BCUT2D eigenvalue weighted by Crippen LogP contribution is 2.25. The molecule has 2 atom stereocenters. The molecule has 1 aromatic rings. The number of alkyl halides is 1. The first-order valence-corrected chi connectivity index (χ1v) is 8.22. The number of hydrogen-bond acceptors (Lipinski definition) is 3. The monoisotopic (exact) mass is 306 g/mol. The predicted molar refractivity (Wildman–Crippen MR) is 73.7 cm³/mol. The predicted octanol–water partition coefficient (Wildman–Crippen LogP) is 1.80. The maximum absolute atomic E-state index is 12.5. The Morgan fingerprint density at radius 1 is 1.58 bits per heavy atom. The molecule has 1 fully saturated rings. The molecule has 1 aliphatic heterocycles. The Balaban J connectivity index is 2.20. The number of rotatable bonds is 4. The van der Waals surface area contributed by atoms with Gasteiger partial charge < -0.3 is 9.72 Å². The molecule has 0 spiro atoms. The first-order valence-electron chi connectivity index (χ1n) is 6.25. The summed E-state index contributed by atoms with van der Waals surface area (Å²) in [6.45, 7) is 3.02. The van der Waals surface area contributed by atoms with E-state index in [-0.39, 0.29) is 16.9 Å². The molecule has 1 saturated heterocycles. The number of piperidine rings is 1. The van der Waals surface area contributed by atoms with Crippen molar-refractivity contribution in [2.75, 3.05) is 20.2 Å². The Morgan fingerprint density at radius 2 is 2.32 bits per heavy atom. The zero-order valence-corrected chi connectivity index (χ0v) is 12.7. The highest BCUT2D eigenvalue weighted by molar-refractivity contribution is 7.89. The molecule has 2 heterocycles. The van der Waals surface area contributed by atoms with Crippen LogP contribution in [0.25, 0.3) is 0 Å². The highest BCUT2D eigenvalue weighted by atomic mass is 35.5. The van der Waals surface area contributed by atoms with Gasteiger partial charge in [-0.3, -0.25) is 0 Å². The van der Waals surface area contributed by atoms with Crippen molar-refractivity contribution in [3.63, 3.8) is 0 Å². The van der Waals surface area contributed by atoms with Crippen molar-refractivity contribution in [3.05, 3.63) is 18.0 Å². The molecule has 2 rings (SSSR count). The quantitative estimate of drug-likeness (QED) is 0.863. The third-order valence-electron chi connectivity index (χ3n) is 3.65. The van der Waals surface area contributed by atoms with E-state index >= 15 is 0 Å². The highest BCUT2D eigenvalue weighted by Gasteiger charge is 2.34. The number of aromatic amines is 1. The lowest BCUT2D eigenvalue weighted by molar-refractivity contribution is 0.0184. The smallest absolute Gasteiger partial charge is 0.244 e. The maximum Gasteiger partial charge on any atom is 0.244 e. The summed E-state index contributed by atoms with van der Waals surface area (Å²) in [6.07, 6.45) is 2.26. The molecule has 0 radical (unpaired) electrons. The van der Waals surface area contributed by atoms with E-state index in [9.17, 15) is 8.42 Å². The Bertz CT molecular complexity index is 529. The largest absolute Gasteiger partial charge is 0.380 e. The van der Waals surface area contributed by atoms with Crippen molar-refractivity contribution in [1.82, 2.24) is 9.29 Å². The second-order valence-corrected chi connectivity index (χ2v) is 7.10. The number of methoxy groups -OCH3 is 1. The molecule has 5 nitrogen and oxygen atoms in total. The molecule has 0 aliphatic carbocycles. The summed E-state index contributed by atoms with van der Waals surface area (Å²) in [5, 5.41) is 0. The average Bonchev–Trinajstić information content (AvgIpc) is 2.88. The molecule has 0 amide bonds. The van der Waals surface area contributed by atoms with Gasteiger partial charge >= 0.3 is 0 Å². The summed E-state index contributed by atoms with van der Waals surface area (Å²) in [7, 11) is -1.83. The molecular formula is C12H19ClN2O3S. The minimum atomic E-state index is -3.45. The van der Waals surface area contributed by atoms with E-state index in [0.717, 1.165) is 6.42 Å². The van der Waals surface area contributed by atoms with Crippen LogP contribution in [0, 0.1) is 5.92 Å². The van der Waals surface area contributed by atoms with Crippen LogP contribution < -0.4 is 0 Å². The van der Waals surface area contributed by atoms with Gasteiger partial charge in [-0.05, 0) is 18.4 Å². The van der Waals surface area contributed by atoms with Crippen LogP contribution in [0.15, 0.2) is 17.2 Å². The summed E-state index contributed by atoms with van der Waals surface area (Å²) in [4.78, 5) is 3.14. The van der Waals surface area contributed by atoms with Crippen molar-refractivity contribution in [2.24, 2.45) is 5.92 Å². The molecule has 2 unspecified atom stereocenters. The zero-order chi connectivity index (χ0) is 14.0. The normalized spacial score (nSPS) is 25.6. The number of nitrogens with zero attached hydrogens (tertiary/aromatic N) is 1. The van der Waals surface area contributed by atoms with Gasteiger partial charge in [0.05, 0.1) is 16.9 Å². The van der Waals surface area contributed by atoms with Crippen molar-refractivity contribution in [3.8, 4) is 0 Å². The maximum atomic E-state index is 12.5. The van der Waals surface area contributed by atoms with Crippen LogP contribution in [0.2, 0.25) is 0 Å². The van der Waals surface area contributed by atoms with Crippen molar-refractivity contribution in [2.45, 2.75) is 30.2 Å². The third-order valence-corrected chi connectivity index (χ3v) is 5.78. The lowest BCUT2D eigenvalue weighted by Crippen LogP contribution is -2.46. The minimum absolute atomic E-state index is 0.0463. The Morgan fingerprint density at radius 3 is 2.89 bits per heavy atom. The van der Waals surface area contributed by atoms with Gasteiger partial charge in [-0.25, -0.2) is 8.42 Å².